The van der Waals surface area contributed by atoms with E-state index in [2.05, 4.69) is 21.6 Å². The first-order chi connectivity index (χ1) is 7.60. The molecular formula is C11H17N3O2. The minimum Gasteiger partial charge on any atom is -0.465 e. The summed E-state index contributed by atoms with van der Waals surface area (Å²) in [7, 11) is 5.02. The van der Waals surface area contributed by atoms with Crippen molar-refractivity contribution in [3.05, 3.63) is 17.6 Å². The highest BCUT2D eigenvalue weighted by Crippen LogP contribution is 2.16. The van der Waals surface area contributed by atoms with Gasteiger partial charge in [-0.05, 0) is 6.42 Å². The fourth-order valence-electron chi connectivity index (χ4n) is 1.35. The van der Waals surface area contributed by atoms with Crippen LogP contribution in [0.25, 0.3) is 0 Å². The number of hydrogen-bond acceptors (Lipinski definition) is 5. The third kappa shape index (κ3) is 2.68. The molecule has 0 fully saturated rings. The second-order valence-corrected chi connectivity index (χ2v) is 3.66. The van der Waals surface area contributed by atoms with Crippen LogP contribution in [-0.4, -0.2) is 37.1 Å². The average molecular weight is 223 g/mol. The van der Waals surface area contributed by atoms with Crippen LogP contribution in [-0.2, 0) is 11.2 Å². The molecule has 0 saturated carbocycles. The van der Waals surface area contributed by atoms with Crippen molar-refractivity contribution in [1.29, 1.82) is 0 Å². The number of nitrogens with zero attached hydrogens (tertiary/aromatic N) is 3. The molecule has 88 valence electrons. The molecule has 0 saturated heterocycles. The van der Waals surface area contributed by atoms with Gasteiger partial charge in [-0.15, -0.1) is 0 Å². The summed E-state index contributed by atoms with van der Waals surface area (Å²) in [4.78, 5) is 21.8. The maximum atomic E-state index is 11.5. The lowest BCUT2D eigenvalue weighted by Crippen LogP contribution is -2.18. The van der Waals surface area contributed by atoms with Crippen molar-refractivity contribution in [2.45, 2.75) is 19.8 Å². The van der Waals surface area contributed by atoms with E-state index in [4.69, 9.17) is 0 Å². The van der Waals surface area contributed by atoms with Gasteiger partial charge in [-0.25, -0.2) is 14.8 Å². The van der Waals surface area contributed by atoms with Crippen LogP contribution in [0.3, 0.4) is 0 Å². The lowest BCUT2D eigenvalue weighted by Gasteiger charge is -2.15. The second kappa shape index (κ2) is 5.44. The van der Waals surface area contributed by atoms with E-state index in [-0.39, 0.29) is 0 Å². The summed E-state index contributed by atoms with van der Waals surface area (Å²) in [6.45, 7) is 2.06. The maximum absolute atomic E-state index is 11.5. The van der Waals surface area contributed by atoms with E-state index in [0.29, 0.717) is 11.4 Å². The van der Waals surface area contributed by atoms with Gasteiger partial charge in [0.15, 0.2) is 0 Å². The lowest BCUT2D eigenvalue weighted by atomic mass is 10.2. The largest absolute Gasteiger partial charge is 0.465 e. The van der Waals surface area contributed by atoms with Gasteiger partial charge in [-0.3, -0.25) is 0 Å². The van der Waals surface area contributed by atoms with Gasteiger partial charge in [0.05, 0.1) is 7.11 Å². The van der Waals surface area contributed by atoms with Crippen LogP contribution < -0.4 is 4.90 Å². The van der Waals surface area contributed by atoms with Crippen molar-refractivity contribution < 1.29 is 9.53 Å². The maximum Gasteiger partial charge on any atom is 0.343 e. The van der Waals surface area contributed by atoms with Gasteiger partial charge in [0.1, 0.15) is 17.2 Å². The molecule has 0 aliphatic rings. The molecule has 0 bridgehead atoms. The van der Waals surface area contributed by atoms with Crippen LogP contribution in [0.15, 0.2) is 6.20 Å². The highest BCUT2D eigenvalue weighted by atomic mass is 16.5. The molecule has 1 aromatic heterocycles. The van der Waals surface area contributed by atoms with Gasteiger partial charge in [-0.2, -0.15) is 0 Å². The molecule has 5 nitrogen and oxygen atoms in total. The van der Waals surface area contributed by atoms with Crippen molar-refractivity contribution in [1.82, 2.24) is 9.97 Å². The predicted molar refractivity (Wildman–Crippen MR) is 61.7 cm³/mol. The highest BCUT2D eigenvalue weighted by molar-refractivity contribution is 5.94. The predicted octanol–water partition coefficient (Wildman–Crippen LogP) is 1.28. The van der Waals surface area contributed by atoms with E-state index in [1.807, 2.05) is 14.1 Å². The number of rotatable bonds is 4. The zero-order valence-corrected chi connectivity index (χ0v) is 10.1. The molecule has 1 rings (SSSR count). The standard InChI is InChI=1S/C11H17N3O2/c1-5-6-9-12-7-8(11(15)16-4)10(13-9)14(2)3/h7H,5-6H2,1-4H3. The molecule has 0 aliphatic heterocycles. The summed E-state index contributed by atoms with van der Waals surface area (Å²) in [5.41, 5.74) is 0.396. The van der Waals surface area contributed by atoms with E-state index in [1.165, 1.54) is 13.3 Å². The van der Waals surface area contributed by atoms with E-state index in [9.17, 15) is 4.79 Å². The van der Waals surface area contributed by atoms with Crippen molar-refractivity contribution in [3.63, 3.8) is 0 Å². The van der Waals surface area contributed by atoms with Gasteiger partial charge in [0, 0.05) is 26.7 Å². The summed E-state index contributed by atoms with van der Waals surface area (Å²) in [5, 5.41) is 0. The molecule has 0 unspecified atom stereocenters. The summed E-state index contributed by atoms with van der Waals surface area (Å²) < 4.78 is 4.68. The third-order valence-electron chi connectivity index (χ3n) is 2.12. The third-order valence-corrected chi connectivity index (χ3v) is 2.12. The number of ether oxygens (including phenoxy) is 1. The summed E-state index contributed by atoms with van der Waals surface area (Å²) in [6.07, 6.45) is 3.31. The van der Waals surface area contributed by atoms with Gasteiger partial charge >= 0.3 is 5.97 Å². The summed E-state index contributed by atoms with van der Waals surface area (Å²) in [6, 6.07) is 0. The Balaban J connectivity index is 3.14. The second-order valence-electron chi connectivity index (χ2n) is 3.66. The Morgan fingerprint density at radius 3 is 2.69 bits per heavy atom. The average Bonchev–Trinajstić information content (AvgIpc) is 2.28. The molecule has 1 heterocycles. The number of aryl methyl sites for hydroxylation is 1. The Labute approximate surface area is 95.5 Å². The van der Waals surface area contributed by atoms with E-state index < -0.39 is 5.97 Å². The Hall–Kier alpha value is -1.65. The number of carbonyl (C=O) groups is 1. The number of hydrogen-bond donors (Lipinski definition) is 0. The molecule has 0 amide bonds. The minimum atomic E-state index is -0.410. The minimum absolute atomic E-state index is 0.396. The number of methoxy groups -OCH3 is 1. The van der Waals surface area contributed by atoms with E-state index in [1.54, 1.807) is 4.90 Å². The van der Waals surface area contributed by atoms with Crippen LogP contribution in [0.1, 0.15) is 29.5 Å². The number of esters is 1. The topological polar surface area (TPSA) is 55.3 Å². The van der Waals surface area contributed by atoms with Crippen LogP contribution in [0.4, 0.5) is 5.82 Å². The van der Waals surface area contributed by atoms with E-state index >= 15 is 0 Å². The SMILES string of the molecule is CCCc1ncc(C(=O)OC)c(N(C)C)n1. The first-order valence-corrected chi connectivity index (χ1v) is 5.21. The van der Waals surface area contributed by atoms with Gasteiger partial charge < -0.3 is 9.64 Å². The van der Waals surface area contributed by atoms with Crippen LogP contribution >= 0.6 is 0 Å². The fourth-order valence-corrected chi connectivity index (χ4v) is 1.35. The van der Waals surface area contributed by atoms with Gasteiger partial charge in [0.25, 0.3) is 0 Å². The fraction of sp³-hybridized carbons (Fsp3) is 0.545. The Bertz CT molecular complexity index is 377. The molecular weight excluding hydrogens is 206 g/mol. The molecule has 0 spiro atoms. The zero-order valence-electron chi connectivity index (χ0n) is 10.1. The molecule has 5 heteroatoms. The normalized spacial score (nSPS) is 10.0. The van der Waals surface area contributed by atoms with Gasteiger partial charge in [0.2, 0.25) is 0 Å². The zero-order chi connectivity index (χ0) is 12.1. The molecule has 0 radical (unpaired) electrons. The first-order valence-electron chi connectivity index (χ1n) is 5.21. The number of carbonyl (C=O) groups excluding carboxylic acids is 1. The summed E-state index contributed by atoms with van der Waals surface area (Å²) >= 11 is 0. The smallest absolute Gasteiger partial charge is 0.343 e. The molecule has 16 heavy (non-hydrogen) atoms. The van der Waals surface area contributed by atoms with Crippen molar-refractivity contribution in [3.8, 4) is 0 Å². The first kappa shape index (κ1) is 12.4. The Morgan fingerprint density at radius 2 is 2.19 bits per heavy atom. The molecule has 0 atom stereocenters. The highest BCUT2D eigenvalue weighted by Gasteiger charge is 2.16. The van der Waals surface area contributed by atoms with E-state index in [0.717, 1.165) is 18.7 Å². The van der Waals surface area contributed by atoms with Crippen LogP contribution in [0, 0.1) is 0 Å². The Morgan fingerprint density at radius 1 is 1.50 bits per heavy atom. The summed E-state index contributed by atoms with van der Waals surface area (Å²) in [5.74, 6) is 0.941. The molecule has 0 aromatic carbocycles. The van der Waals surface area contributed by atoms with Crippen molar-refractivity contribution in [2.75, 3.05) is 26.1 Å². The quantitative estimate of drug-likeness (QED) is 0.720. The number of aromatic nitrogens is 2. The van der Waals surface area contributed by atoms with Crippen LogP contribution in [0.2, 0.25) is 0 Å². The van der Waals surface area contributed by atoms with Crippen molar-refractivity contribution >= 4 is 11.8 Å². The Kier molecular flexibility index (Phi) is 4.22. The van der Waals surface area contributed by atoms with Crippen LogP contribution in [0.5, 0.6) is 0 Å². The monoisotopic (exact) mass is 223 g/mol. The molecule has 0 aliphatic carbocycles. The van der Waals surface area contributed by atoms with Crippen molar-refractivity contribution in [2.24, 2.45) is 0 Å². The molecule has 1 aromatic rings. The number of anilines is 1. The molecule has 0 N–H and O–H groups in total. The lowest BCUT2D eigenvalue weighted by molar-refractivity contribution is 0.0600. The van der Waals surface area contributed by atoms with Gasteiger partial charge in [-0.1, -0.05) is 6.92 Å².